The van der Waals surface area contributed by atoms with Crippen molar-refractivity contribution in [3.05, 3.63) is 16.1 Å². The van der Waals surface area contributed by atoms with Gasteiger partial charge in [-0.15, -0.1) is 11.3 Å². The summed E-state index contributed by atoms with van der Waals surface area (Å²) in [4.78, 5) is 30.5. The van der Waals surface area contributed by atoms with Crippen molar-refractivity contribution in [2.45, 2.75) is 60.9 Å². The molecule has 1 aromatic heterocycles. The Morgan fingerprint density at radius 3 is 2.54 bits per heavy atom. The third kappa shape index (κ3) is 7.43. The molecule has 0 N–H and O–H groups in total. The van der Waals surface area contributed by atoms with Crippen LogP contribution in [0.2, 0.25) is 0 Å². The molecule has 1 heterocycles. The topological polar surface area (TPSA) is 59.5 Å². The third-order valence-electron chi connectivity index (χ3n) is 3.37. The van der Waals surface area contributed by atoms with Crippen molar-refractivity contribution in [3.8, 4) is 0 Å². The Morgan fingerprint density at radius 2 is 2.00 bits per heavy atom. The van der Waals surface area contributed by atoms with E-state index in [1.165, 1.54) is 11.3 Å². The Bertz CT molecular complexity index is 547. The summed E-state index contributed by atoms with van der Waals surface area (Å²) in [7, 11) is 0. The minimum absolute atomic E-state index is 0.0495. The first-order valence-electron chi connectivity index (χ1n) is 8.51. The van der Waals surface area contributed by atoms with E-state index < -0.39 is 5.97 Å². The molecule has 0 aliphatic carbocycles. The molecule has 0 fully saturated rings. The van der Waals surface area contributed by atoms with Crippen LogP contribution in [0.4, 0.5) is 0 Å². The maximum absolute atomic E-state index is 12.6. The monoisotopic (exact) mass is 354 g/mol. The highest BCUT2D eigenvalue weighted by molar-refractivity contribution is 7.09. The minimum Gasteiger partial charge on any atom is -0.461 e. The van der Waals surface area contributed by atoms with Gasteiger partial charge in [0.2, 0.25) is 5.91 Å². The van der Waals surface area contributed by atoms with E-state index in [9.17, 15) is 9.59 Å². The molecule has 0 saturated carbocycles. The molecule has 0 radical (unpaired) electrons. The fourth-order valence-corrected chi connectivity index (χ4v) is 2.90. The second-order valence-electron chi connectivity index (χ2n) is 7.58. The number of hydrogen-bond acceptors (Lipinski definition) is 5. The first-order valence-corrected chi connectivity index (χ1v) is 9.39. The molecule has 0 saturated heterocycles. The van der Waals surface area contributed by atoms with E-state index >= 15 is 0 Å². The van der Waals surface area contributed by atoms with Crippen LogP contribution in [0, 0.1) is 11.3 Å². The van der Waals surface area contributed by atoms with E-state index in [4.69, 9.17) is 4.74 Å². The van der Waals surface area contributed by atoms with Crippen molar-refractivity contribution in [2.24, 2.45) is 11.3 Å². The first-order chi connectivity index (χ1) is 11.1. The SMILES string of the molecule is CCOC(=O)c1csc(CN(CCC(C)C)C(=O)CC(C)(C)C)n1. The van der Waals surface area contributed by atoms with Gasteiger partial charge >= 0.3 is 5.97 Å². The van der Waals surface area contributed by atoms with Gasteiger partial charge in [0.05, 0.1) is 13.2 Å². The van der Waals surface area contributed by atoms with Gasteiger partial charge in [-0.05, 0) is 24.7 Å². The van der Waals surface area contributed by atoms with Gasteiger partial charge in [-0.3, -0.25) is 4.79 Å². The highest BCUT2D eigenvalue weighted by Crippen LogP contribution is 2.22. The fraction of sp³-hybridized carbons (Fsp3) is 0.722. The molecule has 0 aliphatic heterocycles. The number of nitrogens with zero attached hydrogens (tertiary/aromatic N) is 2. The van der Waals surface area contributed by atoms with Crippen LogP contribution in [0.5, 0.6) is 0 Å². The number of hydrogen-bond donors (Lipinski definition) is 0. The summed E-state index contributed by atoms with van der Waals surface area (Å²) in [6.07, 6.45) is 1.45. The number of aromatic nitrogens is 1. The van der Waals surface area contributed by atoms with Crippen LogP contribution in [0.15, 0.2) is 5.38 Å². The fourth-order valence-electron chi connectivity index (χ4n) is 2.12. The molecule has 5 nitrogen and oxygen atoms in total. The number of esters is 1. The summed E-state index contributed by atoms with van der Waals surface area (Å²) >= 11 is 1.40. The number of carbonyl (C=O) groups is 2. The molecule has 24 heavy (non-hydrogen) atoms. The van der Waals surface area contributed by atoms with Crippen LogP contribution in [0.25, 0.3) is 0 Å². The Kier molecular flexibility index (Phi) is 7.87. The maximum atomic E-state index is 12.6. The molecule has 0 unspecified atom stereocenters. The predicted octanol–water partition coefficient (Wildman–Crippen LogP) is 4.13. The van der Waals surface area contributed by atoms with Gasteiger partial charge in [0.1, 0.15) is 5.01 Å². The van der Waals surface area contributed by atoms with E-state index in [0.717, 1.165) is 11.4 Å². The number of amides is 1. The lowest BCUT2D eigenvalue weighted by Gasteiger charge is -2.26. The molecule has 1 rings (SSSR count). The molecule has 1 amide bonds. The lowest BCUT2D eigenvalue weighted by Crippen LogP contribution is -2.34. The van der Waals surface area contributed by atoms with Gasteiger partial charge in [-0.2, -0.15) is 0 Å². The number of rotatable bonds is 8. The molecule has 6 heteroatoms. The van der Waals surface area contributed by atoms with E-state index in [2.05, 4.69) is 39.6 Å². The largest absolute Gasteiger partial charge is 0.461 e. The number of carbonyl (C=O) groups excluding carboxylic acids is 2. The molecular formula is C18H30N2O3S. The average Bonchev–Trinajstić information content (AvgIpc) is 2.90. The van der Waals surface area contributed by atoms with Gasteiger partial charge in [-0.1, -0.05) is 34.6 Å². The number of ether oxygens (including phenoxy) is 1. The van der Waals surface area contributed by atoms with Gasteiger partial charge in [0.15, 0.2) is 5.69 Å². The molecule has 0 atom stereocenters. The first kappa shape index (κ1) is 20.6. The summed E-state index contributed by atoms with van der Waals surface area (Å²) in [5.41, 5.74) is 0.274. The molecule has 0 bridgehead atoms. The van der Waals surface area contributed by atoms with Crippen molar-refractivity contribution in [3.63, 3.8) is 0 Å². The van der Waals surface area contributed by atoms with Gasteiger partial charge in [0.25, 0.3) is 0 Å². The summed E-state index contributed by atoms with van der Waals surface area (Å²) < 4.78 is 4.96. The summed E-state index contributed by atoms with van der Waals surface area (Å²) in [6, 6.07) is 0. The second-order valence-corrected chi connectivity index (χ2v) is 8.52. The standard InChI is InChI=1S/C18H30N2O3S/c1-7-23-17(22)14-12-24-15(19-14)11-20(9-8-13(2)3)16(21)10-18(4,5)6/h12-13H,7-11H2,1-6H3. The zero-order valence-corrected chi connectivity index (χ0v) is 16.5. The summed E-state index contributed by atoms with van der Waals surface area (Å²) in [6.45, 7) is 13.7. The highest BCUT2D eigenvalue weighted by Gasteiger charge is 2.23. The maximum Gasteiger partial charge on any atom is 0.357 e. The lowest BCUT2D eigenvalue weighted by atomic mass is 9.91. The van der Waals surface area contributed by atoms with Crippen LogP contribution in [0.3, 0.4) is 0 Å². The highest BCUT2D eigenvalue weighted by atomic mass is 32.1. The van der Waals surface area contributed by atoms with Crippen LogP contribution >= 0.6 is 11.3 Å². The number of thiazole rings is 1. The van der Waals surface area contributed by atoms with E-state index in [1.807, 2.05) is 4.90 Å². The van der Waals surface area contributed by atoms with E-state index in [1.54, 1.807) is 12.3 Å². The molecule has 0 spiro atoms. The van der Waals surface area contributed by atoms with Crippen LogP contribution in [0.1, 0.15) is 69.9 Å². The van der Waals surface area contributed by atoms with Gasteiger partial charge in [0, 0.05) is 18.3 Å². The second kappa shape index (κ2) is 9.16. The molecule has 1 aromatic rings. The smallest absolute Gasteiger partial charge is 0.357 e. The summed E-state index contributed by atoms with van der Waals surface area (Å²) in [5, 5.41) is 2.46. The van der Waals surface area contributed by atoms with Crippen molar-refractivity contribution in [1.29, 1.82) is 0 Å². The minimum atomic E-state index is -0.408. The third-order valence-corrected chi connectivity index (χ3v) is 4.21. The zero-order chi connectivity index (χ0) is 18.3. The van der Waals surface area contributed by atoms with Crippen LogP contribution in [-0.4, -0.2) is 34.9 Å². The normalized spacial score (nSPS) is 11.6. The quantitative estimate of drug-likeness (QED) is 0.659. The summed E-state index contributed by atoms with van der Waals surface area (Å²) in [5.74, 6) is 0.257. The van der Waals surface area contributed by atoms with E-state index in [0.29, 0.717) is 37.7 Å². The van der Waals surface area contributed by atoms with E-state index in [-0.39, 0.29) is 11.3 Å². The van der Waals surface area contributed by atoms with Crippen LogP contribution < -0.4 is 0 Å². The Hall–Kier alpha value is -1.43. The van der Waals surface area contributed by atoms with Gasteiger partial charge in [-0.25, -0.2) is 9.78 Å². The predicted molar refractivity (Wildman–Crippen MR) is 97.0 cm³/mol. The average molecular weight is 355 g/mol. The van der Waals surface area contributed by atoms with Crippen molar-refractivity contribution in [2.75, 3.05) is 13.2 Å². The zero-order valence-electron chi connectivity index (χ0n) is 15.7. The lowest BCUT2D eigenvalue weighted by molar-refractivity contribution is -0.133. The van der Waals surface area contributed by atoms with Crippen molar-refractivity contribution >= 4 is 23.2 Å². The van der Waals surface area contributed by atoms with Crippen molar-refractivity contribution in [1.82, 2.24) is 9.88 Å². The van der Waals surface area contributed by atoms with Gasteiger partial charge < -0.3 is 9.64 Å². The molecular weight excluding hydrogens is 324 g/mol. The molecule has 136 valence electrons. The Balaban J connectivity index is 2.80. The molecule has 0 aliphatic rings. The molecule has 0 aromatic carbocycles. The Morgan fingerprint density at radius 1 is 1.33 bits per heavy atom. The van der Waals surface area contributed by atoms with Crippen LogP contribution in [-0.2, 0) is 16.1 Å². The van der Waals surface area contributed by atoms with Crippen molar-refractivity contribution < 1.29 is 14.3 Å². The Labute approximate surface area is 149 Å².